The van der Waals surface area contributed by atoms with E-state index in [0.717, 1.165) is 0 Å². The Labute approximate surface area is 116 Å². The fourth-order valence-corrected chi connectivity index (χ4v) is 1.46. The molecule has 2 nitrogen and oxygen atoms in total. The Bertz CT molecular complexity index is 461. The summed E-state index contributed by atoms with van der Waals surface area (Å²) in [4.78, 5) is 0. The van der Waals surface area contributed by atoms with Gasteiger partial charge in [0.25, 0.3) is 5.60 Å². The number of ether oxygens (including phenoxy) is 1. The number of benzene rings is 1. The van der Waals surface area contributed by atoms with E-state index in [0.29, 0.717) is 5.56 Å². The number of hydrogen-bond acceptors (Lipinski definition) is 2. The summed E-state index contributed by atoms with van der Waals surface area (Å²) in [5.41, 5.74) is -4.08. The molecule has 0 heterocycles. The molecule has 1 rings (SSSR count). The zero-order valence-electron chi connectivity index (χ0n) is 10.6. The first-order valence-electron chi connectivity index (χ1n) is 5.72. The molecule has 0 fully saturated rings. The van der Waals surface area contributed by atoms with Crippen molar-refractivity contribution >= 4 is 6.08 Å². The molecular weight excluding hydrogens is 302 g/mol. The highest BCUT2D eigenvalue weighted by molar-refractivity contribution is 5.48. The van der Waals surface area contributed by atoms with E-state index in [1.54, 1.807) is 0 Å². The average molecular weight is 314 g/mol. The molecule has 0 atom stereocenters. The number of alkyl halides is 6. The van der Waals surface area contributed by atoms with Crippen LogP contribution < -0.4 is 4.74 Å². The van der Waals surface area contributed by atoms with Crippen LogP contribution in [-0.2, 0) is 0 Å². The van der Waals surface area contributed by atoms with Crippen LogP contribution in [0.3, 0.4) is 0 Å². The van der Waals surface area contributed by atoms with E-state index >= 15 is 0 Å². The largest absolute Gasteiger partial charge is 0.493 e. The van der Waals surface area contributed by atoms with E-state index in [4.69, 9.17) is 9.84 Å². The summed E-state index contributed by atoms with van der Waals surface area (Å²) in [6.07, 6.45) is -11.8. The van der Waals surface area contributed by atoms with Crippen LogP contribution in [0.15, 0.2) is 30.8 Å². The summed E-state index contributed by atoms with van der Waals surface area (Å²) in [5, 5.41) is 8.90. The number of hydrogen-bond donors (Lipinski definition) is 1. The van der Waals surface area contributed by atoms with Crippen molar-refractivity contribution in [3.8, 4) is 5.75 Å². The van der Waals surface area contributed by atoms with Crippen molar-refractivity contribution in [2.45, 2.75) is 24.4 Å². The van der Waals surface area contributed by atoms with Gasteiger partial charge in [-0.3, -0.25) is 0 Å². The quantitative estimate of drug-likeness (QED) is 0.834. The van der Waals surface area contributed by atoms with Gasteiger partial charge in [0.05, 0.1) is 6.61 Å². The molecule has 1 N–H and O–H groups in total. The summed E-state index contributed by atoms with van der Waals surface area (Å²) in [6.45, 7) is 2.54. The number of halogens is 6. The molecule has 1 aromatic carbocycles. The molecule has 118 valence electrons. The van der Waals surface area contributed by atoms with E-state index < -0.39 is 31.0 Å². The molecule has 0 saturated carbocycles. The Morgan fingerprint density at radius 3 is 1.86 bits per heavy atom. The minimum atomic E-state index is -5.83. The Balaban J connectivity index is 2.72. The van der Waals surface area contributed by atoms with Gasteiger partial charge >= 0.3 is 12.4 Å². The Kier molecular flexibility index (Phi) is 4.93. The molecule has 8 heteroatoms. The third-order valence-corrected chi connectivity index (χ3v) is 2.79. The second-order valence-electron chi connectivity index (χ2n) is 4.23. The topological polar surface area (TPSA) is 29.5 Å². The van der Waals surface area contributed by atoms with Gasteiger partial charge in [-0.1, -0.05) is 24.8 Å². The van der Waals surface area contributed by atoms with Crippen LogP contribution in [0.1, 0.15) is 12.0 Å². The maximum absolute atomic E-state index is 12.4. The van der Waals surface area contributed by atoms with E-state index in [1.807, 2.05) is 0 Å². The first kappa shape index (κ1) is 17.4. The van der Waals surface area contributed by atoms with Gasteiger partial charge in [0.15, 0.2) is 0 Å². The van der Waals surface area contributed by atoms with Crippen LogP contribution in [0.2, 0.25) is 0 Å². The molecule has 1 aromatic rings. The summed E-state index contributed by atoms with van der Waals surface area (Å²) in [5.74, 6) is 0.0901. The maximum Gasteiger partial charge on any atom is 0.426 e. The van der Waals surface area contributed by atoms with Gasteiger partial charge in [-0.05, 0) is 17.7 Å². The van der Waals surface area contributed by atoms with Crippen LogP contribution in [0.4, 0.5) is 26.3 Å². The van der Waals surface area contributed by atoms with E-state index in [1.165, 1.54) is 30.3 Å². The van der Waals surface area contributed by atoms with Crippen molar-refractivity contribution in [2.24, 2.45) is 0 Å². The summed E-state index contributed by atoms with van der Waals surface area (Å²) < 4.78 is 79.1. The minimum Gasteiger partial charge on any atom is -0.493 e. The lowest BCUT2D eigenvalue weighted by molar-refractivity contribution is -0.370. The third kappa shape index (κ3) is 3.90. The minimum absolute atomic E-state index is 0.0901. The number of rotatable bonds is 5. The van der Waals surface area contributed by atoms with E-state index in [2.05, 4.69) is 6.58 Å². The predicted octanol–water partition coefficient (Wildman–Crippen LogP) is 3.95. The Hall–Kier alpha value is -1.70. The van der Waals surface area contributed by atoms with Crippen molar-refractivity contribution in [3.63, 3.8) is 0 Å². The molecule has 0 unspecified atom stereocenters. The van der Waals surface area contributed by atoms with Gasteiger partial charge in [-0.15, -0.1) is 0 Å². The molecule has 0 aromatic heterocycles. The summed E-state index contributed by atoms with van der Waals surface area (Å²) in [7, 11) is 0. The second kappa shape index (κ2) is 5.97. The first-order valence-corrected chi connectivity index (χ1v) is 5.72. The van der Waals surface area contributed by atoms with Gasteiger partial charge in [0, 0.05) is 6.42 Å². The molecule has 0 aliphatic carbocycles. The zero-order chi connectivity index (χ0) is 16.3. The molecule has 0 aliphatic rings. The zero-order valence-corrected chi connectivity index (χ0v) is 10.6. The smallest absolute Gasteiger partial charge is 0.426 e. The molecule has 0 radical (unpaired) electrons. The molecule has 0 spiro atoms. The van der Waals surface area contributed by atoms with Crippen molar-refractivity contribution < 1.29 is 36.2 Å². The Morgan fingerprint density at radius 1 is 1.00 bits per heavy atom. The maximum atomic E-state index is 12.4. The second-order valence-corrected chi connectivity index (χ2v) is 4.23. The molecule has 0 amide bonds. The average Bonchev–Trinajstić information content (AvgIpc) is 2.36. The molecule has 0 saturated heterocycles. The number of aliphatic hydroxyl groups is 1. The Morgan fingerprint density at radius 2 is 1.48 bits per heavy atom. The van der Waals surface area contributed by atoms with E-state index in [9.17, 15) is 26.3 Å². The molecular formula is C13H12F6O2. The van der Waals surface area contributed by atoms with Gasteiger partial charge in [-0.2, -0.15) is 26.3 Å². The van der Waals surface area contributed by atoms with Crippen LogP contribution in [0.25, 0.3) is 6.08 Å². The van der Waals surface area contributed by atoms with Gasteiger partial charge < -0.3 is 9.84 Å². The summed E-state index contributed by atoms with van der Waals surface area (Å²) >= 11 is 0. The van der Waals surface area contributed by atoms with Crippen molar-refractivity contribution in [2.75, 3.05) is 6.61 Å². The fraction of sp³-hybridized carbons (Fsp3) is 0.385. The molecule has 0 aliphatic heterocycles. The molecule has 0 bridgehead atoms. The molecule has 21 heavy (non-hydrogen) atoms. The summed E-state index contributed by atoms with van der Waals surface area (Å²) in [6, 6.07) is 5.80. The highest BCUT2D eigenvalue weighted by Crippen LogP contribution is 2.45. The van der Waals surface area contributed by atoms with Crippen molar-refractivity contribution in [1.29, 1.82) is 0 Å². The van der Waals surface area contributed by atoms with Crippen LogP contribution in [0.5, 0.6) is 5.75 Å². The highest BCUT2D eigenvalue weighted by atomic mass is 19.4. The SMILES string of the molecule is C=Cc1ccc(OCCC(O)(C(F)(F)F)C(F)(F)F)cc1. The predicted molar refractivity (Wildman–Crippen MR) is 63.7 cm³/mol. The van der Waals surface area contributed by atoms with Gasteiger partial charge in [-0.25, -0.2) is 0 Å². The van der Waals surface area contributed by atoms with Gasteiger partial charge in [0.2, 0.25) is 0 Å². The third-order valence-electron chi connectivity index (χ3n) is 2.79. The normalized spacial score (nSPS) is 13.1. The van der Waals surface area contributed by atoms with Crippen molar-refractivity contribution in [1.82, 2.24) is 0 Å². The monoisotopic (exact) mass is 314 g/mol. The first-order chi connectivity index (χ1) is 9.51. The lowest BCUT2D eigenvalue weighted by Crippen LogP contribution is -2.57. The fourth-order valence-electron chi connectivity index (χ4n) is 1.46. The van der Waals surface area contributed by atoms with Crippen LogP contribution in [0, 0.1) is 0 Å². The highest BCUT2D eigenvalue weighted by Gasteiger charge is 2.69. The standard InChI is InChI=1S/C13H12F6O2/c1-2-9-3-5-10(6-4-9)21-8-7-11(20,12(14,15)16)13(17,18)19/h2-6,20H,1,7-8H2. The lowest BCUT2D eigenvalue weighted by Gasteiger charge is -2.32. The van der Waals surface area contributed by atoms with E-state index in [-0.39, 0.29) is 5.75 Å². The van der Waals surface area contributed by atoms with Crippen LogP contribution in [-0.4, -0.2) is 29.7 Å². The van der Waals surface area contributed by atoms with Crippen molar-refractivity contribution in [3.05, 3.63) is 36.4 Å². The van der Waals surface area contributed by atoms with Gasteiger partial charge in [0.1, 0.15) is 5.75 Å². The lowest BCUT2D eigenvalue weighted by atomic mass is 9.99. The van der Waals surface area contributed by atoms with Crippen LogP contribution >= 0.6 is 0 Å².